The van der Waals surface area contributed by atoms with Crippen LogP contribution in [0.5, 0.6) is 0 Å². The smallest absolute Gasteiger partial charge is 0.130 e. The van der Waals surface area contributed by atoms with Gasteiger partial charge in [0, 0.05) is 10.5 Å². The summed E-state index contributed by atoms with van der Waals surface area (Å²) in [5.41, 5.74) is 0.398. The molecule has 4 heteroatoms. The number of aliphatic hydroxyl groups excluding tert-OH is 1. The highest BCUT2D eigenvalue weighted by molar-refractivity contribution is 8.00. The molecule has 1 unspecified atom stereocenters. The summed E-state index contributed by atoms with van der Waals surface area (Å²) in [5, 5.41) is 9.90. The largest absolute Gasteiger partial charge is 0.389 e. The van der Waals surface area contributed by atoms with E-state index < -0.39 is 6.10 Å². The highest BCUT2D eigenvalue weighted by Crippen LogP contribution is 2.34. The van der Waals surface area contributed by atoms with Crippen molar-refractivity contribution in [1.29, 1.82) is 0 Å². The van der Waals surface area contributed by atoms with E-state index in [1.165, 1.54) is 6.07 Å². The lowest BCUT2D eigenvalue weighted by Crippen LogP contribution is -2.30. The molecule has 1 aliphatic heterocycles. The highest BCUT2D eigenvalue weighted by Gasteiger charge is 2.22. The van der Waals surface area contributed by atoms with Crippen molar-refractivity contribution in [3.63, 3.8) is 0 Å². The van der Waals surface area contributed by atoms with E-state index in [-0.39, 0.29) is 5.82 Å². The van der Waals surface area contributed by atoms with Crippen molar-refractivity contribution < 1.29 is 14.2 Å². The second-order valence-corrected chi connectivity index (χ2v) is 4.95. The maximum atomic E-state index is 13.5. The summed E-state index contributed by atoms with van der Waals surface area (Å²) in [7, 11) is 0. The molecule has 1 atom stereocenters. The maximum Gasteiger partial charge on any atom is 0.130 e. The van der Waals surface area contributed by atoms with Gasteiger partial charge in [-0.05, 0) is 19.1 Å². The Hall–Kier alpha value is -0.580. The fourth-order valence-electron chi connectivity index (χ4n) is 1.49. The molecule has 0 radical (unpaired) electrons. The van der Waals surface area contributed by atoms with Crippen molar-refractivity contribution in [2.45, 2.75) is 23.2 Å². The first-order valence-electron chi connectivity index (χ1n) is 4.89. The molecule has 1 N–H and O–H groups in total. The number of aliphatic hydroxyl groups is 1. The summed E-state index contributed by atoms with van der Waals surface area (Å²) in [4.78, 5) is 0.818. The van der Waals surface area contributed by atoms with Gasteiger partial charge in [-0.2, -0.15) is 0 Å². The summed E-state index contributed by atoms with van der Waals surface area (Å²) >= 11 is 1.57. The van der Waals surface area contributed by atoms with E-state index in [0.29, 0.717) is 24.0 Å². The normalized spacial score (nSPS) is 18.6. The van der Waals surface area contributed by atoms with Crippen LogP contribution in [0.2, 0.25) is 0 Å². The molecule has 1 fully saturated rings. The summed E-state index contributed by atoms with van der Waals surface area (Å²) in [5.74, 6) is -0.338. The van der Waals surface area contributed by atoms with Gasteiger partial charge >= 0.3 is 0 Å². The quantitative estimate of drug-likeness (QED) is 0.861. The summed E-state index contributed by atoms with van der Waals surface area (Å²) in [6.07, 6.45) is -0.769. The average molecular weight is 228 g/mol. The highest BCUT2D eigenvalue weighted by atomic mass is 32.2. The van der Waals surface area contributed by atoms with Gasteiger partial charge in [-0.1, -0.05) is 6.07 Å². The average Bonchev–Trinajstić information content (AvgIpc) is 2.10. The predicted molar refractivity (Wildman–Crippen MR) is 57.5 cm³/mol. The first kappa shape index (κ1) is 10.9. The lowest BCUT2D eigenvalue weighted by molar-refractivity contribution is 0.0454. The van der Waals surface area contributed by atoms with Gasteiger partial charge < -0.3 is 9.84 Å². The number of benzene rings is 1. The Labute approximate surface area is 92.4 Å². The first-order valence-corrected chi connectivity index (χ1v) is 5.77. The van der Waals surface area contributed by atoms with E-state index in [0.717, 1.165) is 4.90 Å². The third-order valence-electron chi connectivity index (χ3n) is 2.33. The first-order chi connectivity index (χ1) is 7.18. The van der Waals surface area contributed by atoms with Crippen molar-refractivity contribution in [3.8, 4) is 0 Å². The number of halogens is 1. The molecule has 15 heavy (non-hydrogen) atoms. The molecule has 0 bridgehead atoms. The zero-order valence-electron chi connectivity index (χ0n) is 8.44. The molecule has 0 spiro atoms. The van der Waals surface area contributed by atoms with Gasteiger partial charge in [-0.25, -0.2) is 4.39 Å². The lowest BCUT2D eigenvalue weighted by Gasteiger charge is -2.26. The minimum absolute atomic E-state index is 0.338. The Morgan fingerprint density at radius 3 is 2.80 bits per heavy atom. The summed E-state index contributed by atoms with van der Waals surface area (Å²) < 4.78 is 18.5. The number of hydrogen-bond acceptors (Lipinski definition) is 3. The van der Waals surface area contributed by atoms with Crippen LogP contribution in [0.3, 0.4) is 0 Å². The van der Waals surface area contributed by atoms with Gasteiger partial charge in [0.25, 0.3) is 0 Å². The van der Waals surface area contributed by atoms with Gasteiger partial charge in [-0.3, -0.25) is 0 Å². The van der Waals surface area contributed by atoms with Crippen LogP contribution in [-0.4, -0.2) is 23.6 Å². The van der Waals surface area contributed by atoms with E-state index in [4.69, 9.17) is 4.74 Å². The molecule has 0 aromatic heterocycles. The van der Waals surface area contributed by atoms with Crippen LogP contribution in [0.1, 0.15) is 18.6 Å². The Bertz CT molecular complexity index is 350. The van der Waals surface area contributed by atoms with Crippen molar-refractivity contribution >= 4 is 11.8 Å². The van der Waals surface area contributed by atoms with E-state index in [2.05, 4.69) is 0 Å². The van der Waals surface area contributed by atoms with E-state index in [1.54, 1.807) is 24.8 Å². The predicted octanol–water partition coefficient (Wildman–Crippen LogP) is 2.37. The fourth-order valence-corrected chi connectivity index (χ4v) is 2.73. The van der Waals surface area contributed by atoms with Crippen LogP contribution in [0.15, 0.2) is 23.1 Å². The van der Waals surface area contributed by atoms with Crippen LogP contribution in [0, 0.1) is 5.82 Å². The Morgan fingerprint density at radius 2 is 2.27 bits per heavy atom. The van der Waals surface area contributed by atoms with Crippen LogP contribution in [0.4, 0.5) is 4.39 Å². The minimum atomic E-state index is -0.769. The number of rotatable bonds is 3. The van der Waals surface area contributed by atoms with Crippen LogP contribution < -0.4 is 0 Å². The monoisotopic (exact) mass is 228 g/mol. The van der Waals surface area contributed by atoms with Gasteiger partial charge in [-0.15, -0.1) is 11.8 Å². The van der Waals surface area contributed by atoms with Crippen LogP contribution in [0.25, 0.3) is 0 Å². The molecule has 0 saturated carbocycles. The zero-order chi connectivity index (χ0) is 10.8. The molecule has 0 amide bonds. The summed E-state index contributed by atoms with van der Waals surface area (Å²) in [6, 6.07) is 4.89. The molecule has 1 heterocycles. The topological polar surface area (TPSA) is 29.5 Å². The van der Waals surface area contributed by atoms with Crippen LogP contribution in [-0.2, 0) is 4.74 Å². The Kier molecular flexibility index (Phi) is 3.29. The molecule has 2 rings (SSSR count). The van der Waals surface area contributed by atoms with E-state index in [9.17, 15) is 9.50 Å². The van der Waals surface area contributed by atoms with Crippen molar-refractivity contribution in [1.82, 2.24) is 0 Å². The number of ether oxygens (including phenoxy) is 1. The zero-order valence-corrected chi connectivity index (χ0v) is 9.26. The Morgan fingerprint density at radius 1 is 1.53 bits per heavy atom. The molecule has 0 aliphatic carbocycles. The molecule has 1 saturated heterocycles. The maximum absolute atomic E-state index is 13.5. The van der Waals surface area contributed by atoms with Gasteiger partial charge in [0.05, 0.1) is 24.6 Å². The second-order valence-electron chi connectivity index (χ2n) is 3.60. The number of thioether (sulfide) groups is 1. The molecule has 1 aliphatic rings. The van der Waals surface area contributed by atoms with Crippen molar-refractivity contribution in [3.05, 3.63) is 29.6 Å². The molecular formula is C11H13FO2S. The molecule has 1 aromatic carbocycles. The van der Waals surface area contributed by atoms with Gasteiger partial charge in [0.15, 0.2) is 0 Å². The van der Waals surface area contributed by atoms with Crippen LogP contribution >= 0.6 is 11.8 Å². The molecule has 82 valence electrons. The van der Waals surface area contributed by atoms with Crippen molar-refractivity contribution in [2.75, 3.05) is 13.2 Å². The lowest BCUT2D eigenvalue weighted by atomic mass is 10.1. The second kappa shape index (κ2) is 4.51. The molecule has 2 nitrogen and oxygen atoms in total. The number of hydrogen-bond donors (Lipinski definition) is 1. The van der Waals surface area contributed by atoms with Gasteiger partial charge in [0.2, 0.25) is 0 Å². The van der Waals surface area contributed by atoms with Crippen molar-refractivity contribution in [2.24, 2.45) is 0 Å². The summed E-state index contributed by atoms with van der Waals surface area (Å²) in [6.45, 7) is 3.00. The SMILES string of the molecule is CC(O)c1c(F)cccc1SC1COC1. The van der Waals surface area contributed by atoms with E-state index >= 15 is 0 Å². The standard InChI is InChI=1S/C11H13FO2S/c1-7(13)11-9(12)3-2-4-10(11)15-8-5-14-6-8/h2-4,7-8,13H,5-6H2,1H3. The Balaban J connectivity index is 2.23. The third kappa shape index (κ3) is 2.33. The molecular weight excluding hydrogens is 215 g/mol. The fraction of sp³-hybridized carbons (Fsp3) is 0.455. The third-order valence-corrected chi connectivity index (χ3v) is 3.55. The molecule has 1 aromatic rings. The van der Waals surface area contributed by atoms with E-state index in [1.807, 2.05) is 6.07 Å². The minimum Gasteiger partial charge on any atom is -0.389 e. The van der Waals surface area contributed by atoms with Gasteiger partial charge in [0.1, 0.15) is 5.82 Å².